The normalized spacial score (nSPS) is 16.5. The van der Waals surface area contributed by atoms with Crippen molar-refractivity contribution in [1.29, 1.82) is 0 Å². The molecule has 1 aliphatic carbocycles. The number of aryl methyl sites for hydroxylation is 1. The van der Waals surface area contributed by atoms with Crippen molar-refractivity contribution >= 4 is 23.1 Å². The average molecular weight is 508 g/mol. The van der Waals surface area contributed by atoms with Gasteiger partial charge in [-0.1, -0.05) is 11.2 Å². The lowest BCUT2D eigenvalue weighted by atomic mass is 9.72. The Morgan fingerprint density at radius 1 is 1.22 bits per heavy atom. The summed E-state index contributed by atoms with van der Waals surface area (Å²) in [6.45, 7) is 0.680. The van der Waals surface area contributed by atoms with Crippen molar-refractivity contribution in [2.24, 2.45) is 17.8 Å². The average Bonchev–Trinajstić information content (AvgIpc) is 3.33. The number of ketones is 4. The second kappa shape index (κ2) is 13.2. The number of rotatable bonds is 13. The van der Waals surface area contributed by atoms with Crippen LogP contribution in [0, 0.1) is 17.8 Å². The number of phenols is 1. The topological polar surface area (TPSA) is 186 Å². The molecule has 1 aromatic heterocycles. The number of aromatic hydroxyl groups is 1. The highest BCUT2D eigenvalue weighted by atomic mass is 16.5. The molecule has 3 unspecified atom stereocenters. The maximum absolute atomic E-state index is 13.0. The first-order chi connectivity index (χ1) is 16.7. The van der Waals surface area contributed by atoms with E-state index in [1.807, 2.05) is 0 Å². The van der Waals surface area contributed by atoms with Crippen LogP contribution in [0.15, 0.2) is 29.1 Å². The first-order valence-electron chi connectivity index (χ1n) is 11.8. The lowest BCUT2D eigenvalue weighted by Crippen LogP contribution is -2.32. The summed E-state index contributed by atoms with van der Waals surface area (Å²) in [4.78, 5) is 49.4. The summed E-state index contributed by atoms with van der Waals surface area (Å²) < 4.78 is 4.72. The molecule has 0 saturated heterocycles. The van der Waals surface area contributed by atoms with Crippen molar-refractivity contribution < 1.29 is 47.4 Å². The molecule has 1 aromatic carbocycles. The molecule has 1 aliphatic rings. The molecule has 0 radical (unpaired) electrons. The Bertz CT molecular complexity index is 1090. The number of phenolic OH excluding ortho intramolecular Hbond substituents is 1. The van der Waals surface area contributed by atoms with E-state index in [0.717, 1.165) is 5.56 Å². The molecule has 10 heteroatoms. The summed E-state index contributed by atoms with van der Waals surface area (Å²) in [5.41, 5.74) is 2.10. The number of aromatic nitrogens is 1. The lowest BCUT2D eigenvalue weighted by Gasteiger charge is -2.31. The number of nitrogens with zero attached hydrogens (tertiary/aromatic N) is 1. The molecule has 0 fully saturated rings. The van der Waals surface area contributed by atoms with E-state index in [4.69, 9.17) is 4.52 Å². The first kappa shape index (κ1) is 29.0. The third kappa shape index (κ3) is 6.93. The van der Waals surface area contributed by atoms with E-state index in [-0.39, 0.29) is 81.0 Å². The highest BCUT2D eigenvalue weighted by molar-refractivity contribution is 6.02. The summed E-state index contributed by atoms with van der Waals surface area (Å²) in [5, 5.41) is 33.3. The van der Waals surface area contributed by atoms with Gasteiger partial charge in [0.1, 0.15) is 23.6 Å². The Labute approximate surface area is 211 Å². The molecule has 0 spiro atoms. The number of hydrogen-bond donors (Lipinski definition) is 3. The van der Waals surface area contributed by atoms with Gasteiger partial charge >= 0.3 is 0 Å². The van der Waals surface area contributed by atoms with Crippen LogP contribution >= 0.6 is 0 Å². The van der Waals surface area contributed by atoms with E-state index < -0.39 is 18.4 Å². The number of hydrogen-bond acceptors (Lipinski definition) is 9. The Hall–Kier alpha value is -3.21. The predicted octanol–water partition coefficient (Wildman–Crippen LogP) is 2.15. The van der Waals surface area contributed by atoms with E-state index >= 15 is 0 Å². The molecule has 0 aliphatic heterocycles. The maximum Gasteiger partial charge on any atom is 0.168 e. The van der Waals surface area contributed by atoms with Gasteiger partial charge in [-0.05, 0) is 61.6 Å². The highest BCUT2D eigenvalue weighted by Gasteiger charge is 2.34. The minimum absolute atomic E-state index is 0. The zero-order valence-electron chi connectivity index (χ0n) is 20.2. The number of aliphatic hydroxyl groups is 2. The molecule has 3 atom stereocenters. The number of benzene rings is 1. The highest BCUT2D eigenvalue weighted by Crippen LogP contribution is 2.38. The second-order valence-corrected chi connectivity index (χ2v) is 9.27. The molecule has 5 N–H and O–H groups in total. The third-order valence-corrected chi connectivity index (χ3v) is 6.75. The molecule has 0 amide bonds. The molecular weight excluding hydrogens is 470 g/mol. The smallest absolute Gasteiger partial charge is 0.168 e. The molecule has 2 aromatic rings. The van der Waals surface area contributed by atoms with Gasteiger partial charge in [0.2, 0.25) is 0 Å². The van der Waals surface area contributed by atoms with Gasteiger partial charge in [0, 0.05) is 28.2 Å². The van der Waals surface area contributed by atoms with Crippen molar-refractivity contribution in [3.05, 3.63) is 46.8 Å². The lowest BCUT2D eigenvalue weighted by molar-refractivity contribution is -0.131. The zero-order valence-corrected chi connectivity index (χ0v) is 20.2. The van der Waals surface area contributed by atoms with E-state index in [9.17, 15) is 34.5 Å². The Kier molecular flexibility index (Phi) is 10.6. The second-order valence-electron chi connectivity index (χ2n) is 9.27. The maximum atomic E-state index is 13.0. The largest absolute Gasteiger partial charge is 0.507 e. The number of carbonyl (C=O) groups is 4. The molecule has 36 heavy (non-hydrogen) atoms. The predicted molar refractivity (Wildman–Crippen MR) is 132 cm³/mol. The number of fused-ring (bicyclic) bond motifs is 1. The van der Waals surface area contributed by atoms with Gasteiger partial charge in [0.05, 0.1) is 30.4 Å². The minimum atomic E-state index is -0.799. The van der Waals surface area contributed by atoms with E-state index in [1.165, 1.54) is 25.5 Å². The molecule has 200 valence electrons. The van der Waals surface area contributed by atoms with Crippen LogP contribution < -0.4 is 0 Å². The van der Waals surface area contributed by atoms with Crippen LogP contribution in [-0.4, -0.2) is 62.3 Å². The van der Waals surface area contributed by atoms with Crippen molar-refractivity contribution in [3.8, 4) is 5.75 Å². The third-order valence-electron chi connectivity index (χ3n) is 6.75. The summed E-state index contributed by atoms with van der Waals surface area (Å²) in [6, 6.07) is 3.18. The van der Waals surface area contributed by atoms with Gasteiger partial charge in [-0.2, -0.15) is 0 Å². The molecule has 3 rings (SSSR count). The van der Waals surface area contributed by atoms with Crippen molar-refractivity contribution in [1.82, 2.24) is 5.16 Å². The van der Waals surface area contributed by atoms with E-state index in [0.29, 0.717) is 30.4 Å². The number of aliphatic hydroxyl groups excluding tert-OH is 2. The van der Waals surface area contributed by atoms with E-state index in [2.05, 4.69) is 5.16 Å². The van der Waals surface area contributed by atoms with Crippen molar-refractivity contribution in [2.75, 3.05) is 13.2 Å². The molecular formula is C26H37NO9. The molecule has 1 heterocycles. The summed E-state index contributed by atoms with van der Waals surface area (Å²) in [5.74, 6) is -2.51. The molecule has 0 saturated carbocycles. The summed E-state index contributed by atoms with van der Waals surface area (Å²) in [6.07, 6.45) is 4.15. The Morgan fingerprint density at radius 3 is 2.58 bits per heavy atom. The van der Waals surface area contributed by atoms with Crippen LogP contribution in [0.1, 0.15) is 73.7 Å². The number of Topliss-reactive ketones (excluding diaryl/α,β-unsaturated/α-hetero) is 4. The Morgan fingerprint density at radius 2 is 1.97 bits per heavy atom. The summed E-state index contributed by atoms with van der Waals surface area (Å²) >= 11 is 0. The van der Waals surface area contributed by atoms with Crippen molar-refractivity contribution in [2.45, 2.75) is 51.9 Å². The fraction of sp³-hybridized carbons (Fsp3) is 0.500. The van der Waals surface area contributed by atoms with Gasteiger partial charge in [-0.25, -0.2) is 0 Å². The zero-order chi connectivity index (χ0) is 25.5. The van der Waals surface area contributed by atoms with Crippen molar-refractivity contribution in [3.63, 3.8) is 0 Å². The van der Waals surface area contributed by atoms with Gasteiger partial charge in [-0.3, -0.25) is 19.2 Å². The van der Waals surface area contributed by atoms with Crippen LogP contribution in [0.25, 0.3) is 0 Å². The van der Waals surface area contributed by atoms with Gasteiger partial charge in [-0.15, -0.1) is 0 Å². The quantitative estimate of drug-likeness (QED) is 0.270. The first-order valence-corrected chi connectivity index (χ1v) is 11.8. The van der Waals surface area contributed by atoms with Gasteiger partial charge in [0.15, 0.2) is 11.6 Å². The van der Waals surface area contributed by atoms with Gasteiger partial charge < -0.3 is 25.3 Å². The Balaban J connectivity index is 0.00000456. The summed E-state index contributed by atoms with van der Waals surface area (Å²) in [7, 11) is 0. The monoisotopic (exact) mass is 507 g/mol. The molecule has 0 bridgehead atoms. The standard InChI is InChI=1S/C26H31NO8.H2O.2H2/c1-15(30)8-24(33)21(13-29)18(6-7-28)9-16-10-20-17(2-4-22(31)19-12-27-35-14-19)3-5-23(32)26(20)25(34)11-16;;;/h3,5,12,14,16,18,21,28-29,32H,2,4,6-11,13H2,1H3;1H2;2*1H. The minimum Gasteiger partial charge on any atom is -0.507 e. The van der Waals surface area contributed by atoms with E-state index in [1.54, 1.807) is 6.07 Å². The fourth-order valence-corrected chi connectivity index (χ4v) is 5.05. The fourth-order valence-electron chi connectivity index (χ4n) is 5.05. The number of carbonyl (C=O) groups excluding carboxylic acids is 4. The van der Waals surface area contributed by atoms with Crippen LogP contribution in [0.3, 0.4) is 0 Å². The van der Waals surface area contributed by atoms with Gasteiger partial charge in [0.25, 0.3) is 0 Å². The van der Waals surface area contributed by atoms with Crippen LogP contribution in [-0.2, 0) is 22.4 Å². The molecule has 10 nitrogen and oxygen atoms in total. The van der Waals surface area contributed by atoms with Crippen LogP contribution in [0.2, 0.25) is 0 Å². The SMILES string of the molecule is CC(=O)CC(=O)C(CO)C(CCO)CC1CC(=O)c2c(O)ccc(CCC(=O)c3cnoc3)c2C1.O.[HH].[HH]. The van der Waals surface area contributed by atoms with Crippen LogP contribution in [0.5, 0.6) is 5.75 Å². The van der Waals surface area contributed by atoms with Crippen LogP contribution in [0.4, 0.5) is 0 Å².